The fraction of sp³-hybridized carbons (Fsp3) is 0.333. The normalized spacial score (nSPS) is 26.7. The summed E-state index contributed by atoms with van der Waals surface area (Å²) in [6, 6.07) is 32.5. The van der Waals surface area contributed by atoms with Crippen LogP contribution in [-0.2, 0) is 18.9 Å². The molecule has 2 fully saturated rings. The van der Waals surface area contributed by atoms with Crippen molar-refractivity contribution in [3.8, 4) is 0 Å². The molecule has 0 N–H and O–H groups in total. The zero-order chi connectivity index (χ0) is 22.2. The number of hydrogen-bond acceptors (Lipinski definition) is 4. The van der Waals surface area contributed by atoms with Crippen LogP contribution in [0, 0.1) is 0 Å². The van der Waals surface area contributed by atoms with Crippen molar-refractivity contribution in [1.29, 1.82) is 0 Å². The molecule has 0 amide bonds. The summed E-state index contributed by atoms with van der Waals surface area (Å²) in [6.07, 6.45) is -0.183. The van der Waals surface area contributed by atoms with Crippen molar-refractivity contribution >= 4 is 23.2 Å². The molecule has 5 heteroatoms. The van der Waals surface area contributed by atoms with Crippen LogP contribution in [0.2, 0.25) is 0 Å². The van der Waals surface area contributed by atoms with E-state index in [-0.39, 0.29) is 18.3 Å². The average Bonchev–Trinajstić information content (AvgIpc) is 3.32. The van der Waals surface area contributed by atoms with Gasteiger partial charge in [-0.25, -0.2) is 0 Å². The summed E-state index contributed by atoms with van der Waals surface area (Å²) in [5.74, 6) is -0.651. The van der Waals surface area contributed by atoms with Gasteiger partial charge in [-0.05, 0) is 50.2 Å². The molecular formula is C27H30O4P+. The van der Waals surface area contributed by atoms with Gasteiger partial charge in [0.05, 0.1) is 0 Å². The van der Waals surface area contributed by atoms with E-state index in [4.69, 9.17) is 18.9 Å². The van der Waals surface area contributed by atoms with Crippen LogP contribution in [0.4, 0.5) is 0 Å². The predicted molar refractivity (Wildman–Crippen MR) is 130 cm³/mol. The number of hydrogen-bond donors (Lipinski definition) is 0. The Morgan fingerprint density at radius 1 is 0.719 bits per heavy atom. The first-order valence-electron chi connectivity index (χ1n) is 11.1. The highest BCUT2D eigenvalue weighted by Gasteiger charge is 2.60. The molecule has 0 spiro atoms. The second-order valence-electron chi connectivity index (χ2n) is 8.84. The van der Waals surface area contributed by atoms with Gasteiger partial charge in [0.1, 0.15) is 47.6 Å². The van der Waals surface area contributed by atoms with Crippen LogP contribution in [0.25, 0.3) is 0 Å². The molecule has 4 atom stereocenters. The molecule has 0 saturated carbocycles. The fourth-order valence-corrected chi connectivity index (χ4v) is 9.46. The van der Waals surface area contributed by atoms with E-state index in [2.05, 4.69) is 91.0 Å². The zero-order valence-electron chi connectivity index (χ0n) is 18.8. The Hall–Kier alpha value is -2.07. The summed E-state index contributed by atoms with van der Waals surface area (Å²) in [5.41, 5.74) is 0. The van der Waals surface area contributed by atoms with Gasteiger partial charge in [-0.2, -0.15) is 0 Å². The van der Waals surface area contributed by atoms with Gasteiger partial charge in [0, 0.05) is 7.11 Å². The minimum atomic E-state index is -2.05. The summed E-state index contributed by atoms with van der Waals surface area (Å²) in [7, 11) is -0.373. The maximum atomic E-state index is 6.45. The van der Waals surface area contributed by atoms with Gasteiger partial charge in [0.15, 0.2) is 12.1 Å². The van der Waals surface area contributed by atoms with Gasteiger partial charge in [-0.15, -0.1) is 0 Å². The molecule has 2 aliphatic heterocycles. The van der Waals surface area contributed by atoms with Crippen LogP contribution in [0.3, 0.4) is 0 Å². The van der Waals surface area contributed by atoms with Crippen LogP contribution in [-0.4, -0.2) is 43.7 Å². The number of rotatable bonds is 6. The summed E-state index contributed by atoms with van der Waals surface area (Å²) in [4.78, 5) is 0. The highest BCUT2D eigenvalue weighted by Crippen LogP contribution is 2.58. The first kappa shape index (κ1) is 21.8. The SMILES string of the molecule is CO[C@@H]1O[C@H](C[P+](c2ccccc2)(c2ccccc2)c2ccccc2)[C@H]2OC(C)(C)O[C@@H]12. The average molecular weight is 450 g/mol. The maximum Gasteiger partial charge on any atom is 0.186 e. The minimum absolute atomic E-state index is 0.152. The van der Waals surface area contributed by atoms with Gasteiger partial charge in [-0.1, -0.05) is 54.6 Å². The molecule has 5 rings (SSSR count). The molecule has 0 bridgehead atoms. The lowest BCUT2D eigenvalue weighted by atomic mass is 10.1. The third-order valence-electron chi connectivity index (χ3n) is 6.38. The molecule has 0 radical (unpaired) electrons. The predicted octanol–water partition coefficient (Wildman–Crippen LogP) is 3.87. The Morgan fingerprint density at radius 2 is 1.16 bits per heavy atom. The van der Waals surface area contributed by atoms with Crippen LogP contribution < -0.4 is 15.9 Å². The van der Waals surface area contributed by atoms with E-state index in [1.165, 1.54) is 15.9 Å². The second-order valence-corrected chi connectivity index (χ2v) is 12.4. The van der Waals surface area contributed by atoms with Crippen molar-refractivity contribution in [3.63, 3.8) is 0 Å². The smallest absolute Gasteiger partial charge is 0.186 e. The van der Waals surface area contributed by atoms with Gasteiger partial charge < -0.3 is 18.9 Å². The molecule has 32 heavy (non-hydrogen) atoms. The number of methoxy groups -OCH3 is 1. The number of fused-ring (bicyclic) bond motifs is 1. The monoisotopic (exact) mass is 449 g/mol. The van der Waals surface area contributed by atoms with Crippen molar-refractivity contribution in [2.45, 2.75) is 44.2 Å². The first-order chi connectivity index (χ1) is 15.5. The van der Waals surface area contributed by atoms with Crippen molar-refractivity contribution < 1.29 is 18.9 Å². The lowest BCUT2D eigenvalue weighted by molar-refractivity contribution is -0.224. The van der Waals surface area contributed by atoms with E-state index in [0.29, 0.717) is 0 Å². The van der Waals surface area contributed by atoms with Gasteiger partial charge in [-0.3, -0.25) is 0 Å². The van der Waals surface area contributed by atoms with Crippen LogP contribution in [0.15, 0.2) is 91.0 Å². The molecule has 0 unspecified atom stereocenters. The Bertz CT molecular complexity index is 929. The van der Waals surface area contributed by atoms with Crippen LogP contribution >= 0.6 is 7.26 Å². The molecule has 2 saturated heterocycles. The first-order valence-corrected chi connectivity index (χ1v) is 13.1. The zero-order valence-corrected chi connectivity index (χ0v) is 19.7. The molecule has 0 aromatic heterocycles. The Kier molecular flexibility index (Phi) is 5.92. The Morgan fingerprint density at radius 3 is 1.59 bits per heavy atom. The van der Waals surface area contributed by atoms with E-state index in [9.17, 15) is 0 Å². The molecule has 166 valence electrons. The van der Waals surface area contributed by atoms with Crippen molar-refractivity contribution in [2.24, 2.45) is 0 Å². The third kappa shape index (κ3) is 3.81. The second kappa shape index (κ2) is 8.70. The van der Waals surface area contributed by atoms with Gasteiger partial charge in [0.25, 0.3) is 0 Å². The van der Waals surface area contributed by atoms with Crippen molar-refractivity contribution in [1.82, 2.24) is 0 Å². The molecule has 2 aliphatic rings. The molecule has 3 aromatic rings. The summed E-state index contributed by atoms with van der Waals surface area (Å²) in [6.45, 7) is 3.92. The molecule has 2 heterocycles. The van der Waals surface area contributed by atoms with E-state index >= 15 is 0 Å². The fourth-order valence-electron chi connectivity index (χ4n) is 5.06. The highest BCUT2D eigenvalue weighted by molar-refractivity contribution is 7.95. The van der Waals surface area contributed by atoms with Crippen LogP contribution in [0.5, 0.6) is 0 Å². The molecule has 4 nitrogen and oxygen atoms in total. The molecular weight excluding hydrogens is 419 g/mol. The maximum absolute atomic E-state index is 6.45. The molecule has 0 aliphatic carbocycles. The van der Waals surface area contributed by atoms with Gasteiger partial charge >= 0.3 is 0 Å². The number of ether oxygens (including phenoxy) is 4. The summed E-state index contributed by atoms with van der Waals surface area (Å²) >= 11 is 0. The van der Waals surface area contributed by atoms with E-state index in [1.54, 1.807) is 7.11 Å². The Labute approximate surface area is 190 Å². The summed E-state index contributed by atoms with van der Waals surface area (Å²) < 4.78 is 24.7. The minimum Gasteiger partial charge on any atom is -0.353 e. The quantitative estimate of drug-likeness (QED) is 0.536. The molecule has 3 aromatic carbocycles. The van der Waals surface area contributed by atoms with Gasteiger partial charge in [0.2, 0.25) is 0 Å². The lowest BCUT2D eigenvalue weighted by Gasteiger charge is -2.31. The number of benzene rings is 3. The van der Waals surface area contributed by atoms with E-state index in [0.717, 1.165) is 6.16 Å². The highest BCUT2D eigenvalue weighted by atomic mass is 31.2. The summed E-state index contributed by atoms with van der Waals surface area (Å²) in [5, 5.41) is 3.99. The standard InChI is InChI=1S/C27H30O4P/c1-27(2)30-24-23(29-26(28-3)25(24)31-27)19-32(20-13-7-4-8-14-20,21-15-9-5-10-16-21)22-17-11-6-12-18-22/h4-18,23-26H,19H2,1-3H3/q+1/t23-,24-,25-,26-/m1/s1. The van der Waals surface area contributed by atoms with Crippen molar-refractivity contribution in [2.75, 3.05) is 13.3 Å². The lowest BCUT2D eigenvalue weighted by Crippen LogP contribution is -2.41. The third-order valence-corrected chi connectivity index (χ3v) is 10.8. The van der Waals surface area contributed by atoms with E-state index < -0.39 is 19.3 Å². The topological polar surface area (TPSA) is 36.9 Å². The van der Waals surface area contributed by atoms with Crippen LogP contribution in [0.1, 0.15) is 13.8 Å². The van der Waals surface area contributed by atoms with E-state index in [1.807, 2.05) is 13.8 Å². The largest absolute Gasteiger partial charge is 0.353 e. The Balaban J connectivity index is 1.66. The van der Waals surface area contributed by atoms with Crippen molar-refractivity contribution in [3.05, 3.63) is 91.0 Å².